The Bertz CT molecular complexity index is 52.0. The van der Waals surface area contributed by atoms with Gasteiger partial charge < -0.3 is 4.74 Å². The summed E-state index contributed by atoms with van der Waals surface area (Å²) in [6.07, 6.45) is 3.12. The largest absolute Gasteiger partial charge is 0.363 e. The zero-order chi connectivity index (χ0) is 5.11. The Morgan fingerprint density at radius 1 is 1.71 bits per heavy atom. The molecule has 1 rings (SSSR count). The molecule has 7 heavy (non-hydrogen) atoms. The number of hydrogen-bond acceptors (Lipinski definition) is 2. The van der Waals surface area contributed by atoms with Crippen LogP contribution in [0.5, 0.6) is 0 Å². The van der Waals surface area contributed by atoms with Crippen LogP contribution in [0.4, 0.5) is 0 Å². The van der Waals surface area contributed by atoms with Crippen LogP contribution in [0.1, 0.15) is 12.8 Å². The van der Waals surface area contributed by atoms with Crippen LogP contribution in [0.15, 0.2) is 0 Å². The van der Waals surface area contributed by atoms with Crippen LogP contribution in [0.25, 0.3) is 0 Å². The predicted octanol–water partition coefficient (Wildman–Crippen LogP) is 0.342. The van der Waals surface area contributed by atoms with Crippen LogP contribution >= 0.6 is 0 Å². The molecular weight excluding hydrogens is 90.1 g/mol. The van der Waals surface area contributed by atoms with E-state index >= 15 is 0 Å². The second-order valence-electron chi connectivity index (χ2n) is 1.86. The summed E-state index contributed by atoms with van der Waals surface area (Å²) >= 11 is 0. The fourth-order valence-corrected chi connectivity index (χ4v) is 0.436. The summed E-state index contributed by atoms with van der Waals surface area (Å²) in [4.78, 5) is 0. The minimum absolute atomic E-state index is 0.590. The van der Waals surface area contributed by atoms with E-state index in [1.807, 2.05) is 7.05 Å². The molecule has 0 atom stereocenters. The molecule has 1 aliphatic carbocycles. The fourth-order valence-electron chi connectivity index (χ4n) is 0.436. The van der Waals surface area contributed by atoms with Crippen LogP contribution in [0.3, 0.4) is 0 Å². The van der Waals surface area contributed by atoms with Gasteiger partial charge in [-0.1, -0.05) is 0 Å². The standard InChI is InChI=1S/C5H11NO/c1-6-4-7-5-2-3-5/h5-6H,2-4H2,1H3. The average molecular weight is 101 g/mol. The first kappa shape index (κ1) is 5.06. The number of ether oxygens (including phenoxy) is 1. The molecule has 0 heterocycles. The van der Waals surface area contributed by atoms with Crippen LogP contribution in [-0.2, 0) is 4.74 Å². The van der Waals surface area contributed by atoms with E-state index in [0.717, 1.165) is 0 Å². The Balaban J connectivity index is 1.80. The molecule has 1 aliphatic rings. The molecule has 1 saturated carbocycles. The van der Waals surface area contributed by atoms with Gasteiger partial charge in [-0.15, -0.1) is 0 Å². The minimum Gasteiger partial charge on any atom is -0.363 e. The van der Waals surface area contributed by atoms with Crippen molar-refractivity contribution in [3.05, 3.63) is 0 Å². The van der Waals surface area contributed by atoms with Gasteiger partial charge in [0.15, 0.2) is 0 Å². The molecule has 0 aromatic carbocycles. The molecule has 2 heteroatoms. The van der Waals surface area contributed by atoms with Crippen LogP contribution < -0.4 is 5.32 Å². The minimum atomic E-state index is 0.590. The van der Waals surface area contributed by atoms with Crippen molar-refractivity contribution in [2.24, 2.45) is 0 Å². The van der Waals surface area contributed by atoms with Gasteiger partial charge in [0.05, 0.1) is 12.8 Å². The summed E-state index contributed by atoms with van der Waals surface area (Å²) in [6, 6.07) is 0. The quantitative estimate of drug-likeness (QED) is 0.518. The van der Waals surface area contributed by atoms with Gasteiger partial charge in [-0.3, -0.25) is 5.32 Å². The van der Waals surface area contributed by atoms with E-state index < -0.39 is 0 Å². The third-order valence-corrected chi connectivity index (χ3v) is 0.988. The summed E-state index contributed by atoms with van der Waals surface area (Å²) in [5.74, 6) is 0. The van der Waals surface area contributed by atoms with Gasteiger partial charge >= 0.3 is 0 Å². The van der Waals surface area contributed by atoms with Gasteiger partial charge in [0.1, 0.15) is 0 Å². The van der Waals surface area contributed by atoms with Crippen molar-refractivity contribution < 1.29 is 4.74 Å². The maximum Gasteiger partial charge on any atom is 0.0966 e. The van der Waals surface area contributed by atoms with Crippen molar-refractivity contribution in [1.29, 1.82) is 0 Å². The topological polar surface area (TPSA) is 21.3 Å². The first-order chi connectivity index (χ1) is 3.43. The van der Waals surface area contributed by atoms with Crippen LogP contribution in [0.2, 0.25) is 0 Å². The smallest absolute Gasteiger partial charge is 0.0966 e. The van der Waals surface area contributed by atoms with Gasteiger partial charge in [0.2, 0.25) is 0 Å². The second-order valence-corrected chi connectivity index (χ2v) is 1.86. The lowest BCUT2D eigenvalue weighted by atomic mass is 10.8. The highest BCUT2D eigenvalue weighted by Crippen LogP contribution is 2.22. The van der Waals surface area contributed by atoms with Crippen molar-refractivity contribution >= 4 is 0 Å². The van der Waals surface area contributed by atoms with Gasteiger partial charge in [-0.2, -0.15) is 0 Å². The van der Waals surface area contributed by atoms with E-state index in [2.05, 4.69) is 5.32 Å². The van der Waals surface area contributed by atoms with E-state index in [4.69, 9.17) is 4.74 Å². The van der Waals surface area contributed by atoms with Crippen molar-refractivity contribution in [3.8, 4) is 0 Å². The summed E-state index contributed by atoms with van der Waals surface area (Å²) in [5, 5.41) is 2.92. The molecule has 1 N–H and O–H groups in total. The summed E-state index contributed by atoms with van der Waals surface area (Å²) in [6.45, 7) is 0.713. The summed E-state index contributed by atoms with van der Waals surface area (Å²) in [7, 11) is 1.89. The molecule has 0 unspecified atom stereocenters. The Morgan fingerprint density at radius 3 is 2.86 bits per heavy atom. The molecule has 0 aromatic heterocycles. The van der Waals surface area contributed by atoms with Gasteiger partial charge in [0, 0.05) is 0 Å². The Hall–Kier alpha value is -0.0800. The van der Waals surface area contributed by atoms with Crippen LogP contribution in [0, 0.1) is 0 Å². The van der Waals surface area contributed by atoms with Crippen molar-refractivity contribution in [3.63, 3.8) is 0 Å². The molecule has 0 amide bonds. The van der Waals surface area contributed by atoms with Gasteiger partial charge in [-0.05, 0) is 19.9 Å². The Morgan fingerprint density at radius 2 is 2.43 bits per heavy atom. The van der Waals surface area contributed by atoms with Crippen LogP contribution in [-0.4, -0.2) is 19.9 Å². The molecule has 0 aliphatic heterocycles. The molecule has 0 bridgehead atoms. The number of nitrogens with one attached hydrogen (secondary N) is 1. The molecule has 42 valence electrons. The zero-order valence-corrected chi connectivity index (χ0v) is 4.61. The molecule has 0 spiro atoms. The van der Waals surface area contributed by atoms with Crippen molar-refractivity contribution in [2.75, 3.05) is 13.8 Å². The van der Waals surface area contributed by atoms with Gasteiger partial charge in [0.25, 0.3) is 0 Å². The maximum atomic E-state index is 5.19. The number of rotatable bonds is 3. The van der Waals surface area contributed by atoms with Crippen molar-refractivity contribution in [2.45, 2.75) is 18.9 Å². The zero-order valence-electron chi connectivity index (χ0n) is 4.61. The lowest BCUT2D eigenvalue weighted by Crippen LogP contribution is -2.12. The lowest BCUT2D eigenvalue weighted by Gasteiger charge is -1.96. The third kappa shape index (κ3) is 1.90. The number of hydrogen-bond donors (Lipinski definition) is 1. The highest BCUT2D eigenvalue weighted by atomic mass is 16.5. The third-order valence-electron chi connectivity index (χ3n) is 0.988. The molecule has 2 nitrogen and oxygen atoms in total. The molecule has 0 radical (unpaired) electrons. The predicted molar refractivity (Wildman–Crippen MR) is 28.0 cm³/mol. The molecule has 1 fully saturated rings. The Kier molecular flexibility index (Phi) is 1.65. The fraction of sp³-hybridized carbons (Fsp3) is 1.00. The normalized spacial score (nSPS) is 20.1. The summed E-state index contributed by atoms with van der Waals surface area (Å²) < 4.78 is 5.19. The molecular formula is C5H11NO. The first-order valence-corrected chi connectivity index (χ1v) is 2.69. The highest BCUT2D eigenvalue weighted by molar-refractivity contribution is 4.72. The van der Waals surface area contributed by atoms with E-state index in [1.165, 1.54) is 12.8 Å². The van der Waals surface area contributed by atoms with E-state index in [9.17, 15) is 0 Å². The highest BCUT2D eigenvalue weighted by Gasteiger charge is 2.20. The van der Waals surface area contributed by atoms with E-state index in [0.29, 0.717) is 12.8 Å². The maximum absolute atomic E-state index is 5.19. The second kappa shape index (κ2) is 2.28. The molecule has 0 aromatic rings. The van der Waals surface area contributed by atoms with E-state index in [-0.39, 0.29) is 0 Å². The average Bonchev–Trinajstić information content (AvgIpc) is 2.42. The lowest BCUT2D eigenvalue weighted by molar-refractivity contribution is 0.108. The molecule has 0 saturated heterocycles. The van der Waals surface area contributed by atoms with Crippen molar-refractivity contribution in [1.82, 2.24) is 5.32 Å². The van der Waals surface area contributed by atoms with E-state index in [1.54, 1.807) is 0 Å². The first-order valence-electron chi connectivity index (χ1n) is 2.69. The SMILES string of the molecule is CNCOC1CC1. The van der Waals surface area contributed by atoms with Gasteiger partial charge in [-0.25, -0.2) is 0 Å². The Labute approximate surface area is 43.9 Å². The summed E-state index contributed by atoms with van der Waals surface area (Å²) in [5.41, 5.74) is 0. The monoisotopic (exact) mass is 101 g/mol.